The predicted octanol–water partition coefficient (Wildman–Crippen LogP) is 2.75. The van der Waals surface area contributed by atoms with Crippen molar-refractivity contribution in [3.8, 4) is 6.07 Å². The quantitative estimate of drug-likeness (QED) is 0.617. The van der Waals surface area contributed by atoms with Gasteiger partial charge in [-0.25, -0.2) is 11.4 Å². The SMILES string of the molecule is [C-]#[N+]C(C#N)(Cc1ccccc1)C(=O)OC(C)(C)C. The molecule has 0 radical (unpaired) electrons. The molecule has 19 heavy (non-hydrogen) atoms. The van der Waals surface area contributed by atoms with Gasteiger partial charge in [-0.3, -0.25) is 4.85 Å². The van der Waals surface area contributed by atoms with Crippen LogP contribution in [0.1, 0.15) is 26.3 Å². The van der Waals surface area contributed by atoms with Gasteiger partial charge in [-0.15, -0.1) is 0 Å². The summed E-state index contributed by atoms with van der Waals surface area (Å²) in [6, 6.07) is 10.8. The van der Waals surface area contributed by atoms with Crippen LogP contribution in [0.25, 0.3) is 4.85 Å². The normalized spacial score (nSPS) is 13.7. The third-order valence-corrected chi connectivity index (χ3v) is 2.42. The van der Waals surface area contributed by atoms with Crippen molar-refractivity contribution in [1.82, 2.24) is 0 Å². The third kappa shape index (κ3) is 3.82. The van der Waals surface area contributed by atoms with E-state index in [0.29, 0.717) is 0 Å². The van der Waals surface area contributed by atoms with Crippen molar-refractivity contribution < 1.29 is 9.53 Å². The van der Waals surface area contributed by atoms with Crippen molar-refractivity contribution in [1.29, 1.82) is 5.26 Å². The molecule has 0 aliphatic rings. The van der Waals surface area contributed by atoms with Crippen molar-refractivity contribution in [2.45, 2.75) is 38.3 Å². The van der Waals surface area contributed by atoms with Gasteiger partial charge in [-0.05, 0) is 26.3 Å². The Bertz CT molecular complexity index is 516. The number of hydrogen-bond acceptors (Lipinski definition) is 3. The topological polar surface area (TPSA) is 54.5 Å². The Hall–Kier alpha value is -2.33. The Morgan fingerprint density at radius 2 is 1.95 bits per heavy atom. The van der Waals surface area contributed by atoms with E-state index in [-0.39, 0.29) is 6.42 Å². The fourth-order valence-electron chi connectivity index (χ4n) is 1.52. The van der Waals surface area contributed by atoms with E-state index in [9.17, 15) is 10.1 Å². The molecule has 0 saturated heterocycles. The molecule has 1 aromatic carbocycles. The Labute approximate surface area is 113 Å². The zero-order valence-electron chi connectivity index (χ0n) is 11.3. The van der Waals surface area contributed by atoms with E-state index >= 15 is 0 Å². The number of carbonyl (C=O) groups excluding carboxylic acids is 1. The average molecular weight is 256 g/mol. The number of benzene rings is 1. The van der Waals surface area contributed by atoms with E-state index in [4.69, 9.17) is 11.3 Å². The van der Waals surface area contributed by atoms with Crippen molar-refractivity contribution in [3.05, 3.63) is 47.3 Å². The Morgan fingerprint density at radius 1 is 1.37 bits per heavy atom. The van der Waals surface area contributed by atoms with Crippen LogP contribution in [0, 0.1) is 17.9 Å². The van der Waals surface area contributed by atoms with Crippen molar-refractivity contribution in [3.63, 3.8) is 0 Å². The zero-order valence-corrected chi connectivity index (χ0v) is 11.3. The van der Waals surface area contributed by atoms with Crippen molar-refractivity contribution in [2.75, 3.05) is 0 Å². The number of rotatable bonds is 3. The molecule has 0 spiro atoms. The summed E-state index contributed by atoms with van der Waals surface area (Å²) >= 11 is 0. The molecule has 0 heterocycles. The monoisotopic (exact) mass is 256 g/mol. The Morgan fingerprint density at radius 3 is 2.37 bits per heavy atom. The molecule has 4 heteroatoms. The lowest BCUT2D eigenvalue weighted by Gasteiger charge is -2.22. The van der Waals surface area contributed by atoms with E-state index in [1.807, 2.05) is 12.1 Å². The summed E-state index contributed by atoms with van der Waals surface area (Å²) in [5.41, 5.74) is -1.78. The molecule has 0 aromatic heterocycles. The van der Waals surface area contributed by atoms with E-state index in [1.54, 1.807) is 45.0 Å². The summed E-state index contributed by atoms with van der Waals surface area (Å²) in [4.78, 5) is 15.3. The van der Waals surface area contributed by atoms with Gasteiger partial charge in [0, 0.05) is 0 Å². The molecule has 1 aromatic rings. The summed E-state index contributed by atoms with van der Waals surface area (Å²) < 4.78 is 5.18. The van der Waals surface area contributed by atoms with Crippen LogP contribution in [0.5, 0.6) is 0 Å². The van der Waals surface area contributed by atoms with Crippen molar-refractivity contribution in [2.24, 2.45) is 0 Å². The van der Waals surface area contributed by atoms with Gasteiger partial charge in [-0.2, -0.15) is 5.26 Å². The number of nitrogens with zero attached hydrogens (tertiary/aromatic N) is 2. The van der Waals surface area contributed by atoms with Gasteiger partial charge in [0.15, 0.2) is 6.07 Å². The van der Waals surface area contributed by atoms with Gasteiger partial charge in [0.1, 0.15) is 5.60 Å². The molecule has 0 aliphatic carbocycles. The summed E-state index contributed by atoms with van der Waals surface area (Å²) in [6.07, 6.45) is 0.0305. The summed E-state index contributed by atoms with van der Waals surface area (Å²) in [5.74, 6) is -0.790. The van der Waals surface area contributed by atoms with Gasteiger partial charge in [-0.1, -0.05) is 30.3 Å². The molecule has 0 aliphatic heterocycles. The van der Waals surface area contributed by atoms with E-state index in [2.05, 4.69) is 4.85 Å². The second kappa shape index (κ2) is 5.54. The standard InChI is InChI=1S/C15H16N2O2/c1-14(2,3)19-13(18)15(11-16,17-4)10-12-8-6-5-7-9-12/h5-9H,10H2,1-3H3. The van der Waals surface area contributed by atoms with Crippen LogP contribution in [0.3, 0.4) is 0 Å². The molecule has 0 amide bonds. The van der Waals surface area contributed by atoms with Crippen LogP contribution in [-0.2, 0) is 16.0 Å². The van der Waals surface area contributed by atoms with Crippen LogP contribution in [-0.4, -0.2) is 17.1 Å². The lowest BCUT2D eigenvalue weighted by Crippen LogP contribution is -2.41. The highest BCUT2D eigenvalue weighted by molar-refractivity contribution is 5.87. The van der Waals surface area contributed by atoms with Crippen LogP contribution in [0.2, 0.25) is 0 Å². The second-order valence-electron chi connectivity index (χ2n) is 5.25. The number of carbonyl (C=O) groups is 1. The zero-order chi connectivity index (χ0) is 14.5. The van der Waals surface area contributed by atoms with Gasteiger partial charge < -0.3 is 4.74 Å². The van der Waals surface area contributed by atoms with Gasteiger partial charge >= 0.3 is 11.5 Å². The largest absolute Gasteiger partial charge is 0.453 e. The molecule has 1 unspecified atom stereocenters. The molecule has 0 N–H and O–H groups in total. The fourth-order valence-corrected chi connectivity index (χ4v) is 1.52. The van der Waals surface area contributed by atoms with Crippen LogP contribution < -0.4 is 0 Å². The molecule has 0 saturated carbocycles. The minimum Gasteiger partial charge on any atom is -0.453 e. The first-order chi connectivity index (χ1) is 8.83. The maximum absolute atomic E-state index is 12.1. The summed E-state index contributed by atoms with van der Waals surface area (Å²) in [7, 11) is 0. The number of esters is 1. The first-order valence-electron chi connectivity index (χ1n) is 5.90. The maximum atomic E-state index is 12.1. The summed E-state index contributed by atoms with van der Waals surface area (Å²) in [6.45, 7) is 12.3. The molecule has 98 valence electrons. The summed E-state index contributed by atoms with van der Waals surface area (Å²) in [5, 5.41) is 9.24. The predicted molar refractivity (Wildman–Crippen MR) is 70.9 cm³/mol. The highest BCUT2D eigenvalue weighted by Crippen LogP contribution is 2.22. The highest BCUT2D eigenvalue weighted by atomic mass is 16.6. The fraction of sp³-hybridized carbons (Fsp3) is 0.400. The first-order valence-corrected chi connectivity index (χ1v) is 5.90. The Kier molecular flexibility index (Phi) is 4.30. The van der Waals surface area contributed by atoms with E-state index in [0.717, 1.165) is 5.56 Å². The number of hydrogen-bond donors (Lipinski definition) is 0. The second-order valence-corrected chi connectivity index (χ2v) is 5.25. The molecule has 1 atom stereocenters. The van der Waals surface area contributed by atoms with Gasteiger partial charge in [0.25, 0.3) is 0 Å². The van der Waals surface area contributed by atoms with Crippen LogP contribution in [0.4, 0.5) is 0 Å². The average Bonchev–Trinajstić information content (AvgIpc) is 2.35. The lowest BCUT2D eigenvalue weighted by atomic mass is 9.93. The van der Waals surface area contributed by atoms with Crippen LogP contribution in [0.15, 0.2) is 30.3 Å². The van der Waals surface area contributed by atoms with E-state index in [1.165, 1.54) is 0 Å². The highest BCUT2D eigenvalue weighted by Gasteiger charge is 2.49. The maximum Gasteiger partial charge on any atom is 0.413 e. The van der Waals surface area contributed by atoms with Crippen LogP contribution >= 0.6 is 0 Å². The van der Waals surface area contributed by atoms with Gasteiger partial charge in [0.2, 0.25) is 0 Å². The van der Waals surface area contributed by atoms with Crippen molar-refractivity contribution >= 4 is 5.97 Å². The van der Waals surface area contributed by atoms with E-state index < -0.39 is 17.1 Å². The molecular weight excluding hydrogens is 240 g/mol. The minimum absolute atomic E-state index is 0.0305. The molecule has 4 nitrogen and oxygen atoms in total. The molecule has 0 bridgehead atoms. The molecular formula is C15H16N2O2. The molecule has 0 fully saturated rings. The lowest BCUT2D eigenvalue weighted by molar-refractivity contribution is -0.157. The van der Waals surface area contributed by atoms with Gasteiger partial charge in [0.05, 0.1) is 6.42 Å². The Balaban J connectivity index is 3.03. The number of nitriles is 1. The third-order valence-electron chi connectivity index (χ3n) is 2.42. The number of ether oxygens (including phenoxy) is 1. The first kappa shape index (κ1) is 14.7. The minimum atomic E-state index is -1.81. The smallest absolute Gasteiger partial charge is 0.413 e. The molecule has 1 rings (SSSR count).